The molecule has 0 amide bonds. The minimum absolute atomic E-state index is 0.173. The van der Waals surface area contributed by atoms with E-state index in [4.69, 9.17) is 4.74 Å². The summed E-state index contributed by atoms with van der Waals surface area (Å²) in [4.78, 5) is 2.12. The van der Waals surface area contributed by atoms with Gasteiger partial charge in [-0.3, -0.25) is 0 Å². The molecule has 0 aliphatic carbocycles. The predicted molar refractivity (Wildman–Crippen MR) is 73.4 cm³/mol. The highest BCUT2D eigenvalue weighted by Gasteiger charge is 2.21. The van der Waals surface area contributed by atoms with E-state index in [9.17, 15) is 5.11 Å². The molecule has 0 fully saturated rings. The van der Waals surface area contributed by atoms with E-state index in [1.54, 1.807) is 7.11 Å². The molecule has 3 nitrogen and oxygen atoms in total. The average Bonchev–Trinajstić information content (AvgIpc) is 2.28. The van der Waals surface area contributed by atoms with Crippen molar-refractivity contribution < 1.29 is 9.84 Å². The van der Waals surface area contributed by atoms with Gasteiger partial charge in [0, 0.05) is 12.6 Å². The lowest BCUT2D eigenvalue weighted by atomic mass is 9.94. The van der Waals surface area contributed by atoms with E-state index in [2.05, 4.69) is 26.9 Å². The van der Waals surface area contributed by atoms with Crippen molar-refractivity contribution in [2.24, 2.45) is 5.92 Å². The van der Waals surface area contributed by atoms with Gasteiger partial charge in [0.2, 0.25) is 0 Å². The number of ether oxygens (including phenoxy) is 1. The van der Waals surface area contributed by atoms with E-state index < -0.39 is 0 Å². The van der Waals surface area contributed by atoms with E-state index in [0.29, 0.717) is 0 Å². The van der Waals surface area contributed by atoms with Crippen molar-refractivity contribution in [1.82, 2.24) is 4.90 Å². The monoisotopic (exact) mass is 301 g/mol. The standard InChI is InChI=1S/C13H20BrNO2/c1-9(8-16)13(15(2)3)10-5-6-12(17-4)11(14)7-10/h5-7,9,13,16H,8H2,1-4H3. The number of hydrogen-bond acceptors (Lipinski definition) is 3. The molecule has 1 aromatic carbocycles. The molecule has 17 heavy (non-hydrogen) atoms. The molecule has 1 N–H and O–H groups in total. The Bertz CT molecular complexity index is 368. The zero-order valence-electron chi connectivity index (χ0n) is 10.8. The van der Waals surface area contributed by atoms with Crippen LogP contribution in [0, 0.1) is 5.92 Å². The number of methoxy groups -OCH3 is 1. The zero-order valence-corrected chi connectivity index (χ0v) is 12.4. The number of rotatable bonds is 5. The van der Waals surface area contributed by atoms with Gasteiger partial charge in [0.15, 0.2) is 0 Å². The van der Waals surface area contributed by atoms with Crippen molar-refractivity contribution in [2.45, 2.75) is 13.0 Å². The van der Waals surface area contributed by atoms with Crippen LogP contribution < -0.4 is 4.74 Å². The highest BCUT2D eigenvalue weighted by atomic mass is 79.9. The van der Waals surface area contributed by atoms with Gasteiger partial charge in [0.1, 0.15) is 5.75 Å². The Labute approximate surface area is 112 Å². The predicted octanol–water partition coefficient (Wildman–Crippen LogP) is 2.69. The van der Waals surface area contributed by atoms with Crippen LogP contribution in [0.5, 0.6) is 5.75 Å². The summed E-state index contributed by atoms with van der Waals surface area (Å²) >= 11 is 3.49. The van der Waals surface area contributed by atoms with Gasteiger partial charge in [0.05, 0.1) is 11.6 Å². The molecule has 0 heterocycles. The van der Waals surface area contributed by atoms with E-state index in [0.717, 1.165) is 10.2 Å². The lowest BCUT2D eigenvalue weighted by Crippen LogP contribution is -2.27. The van der Waals surface area contributed by atoms with Crippen molar-refractivity contribution in [1.29, 1.82) is 0 Å². The maximum atomic E-state index is 9.32. The Hall–Kier alpha value is -0.580. The Morgan fingerprint density at radius 3 is 2.47 bits per heavy atom. The van der Waals surface area contributed by atoms with Crippen molar-refractivity contribution in [3.8, 4) is 5.75 Å². The van der Waals surface area contributed by atoms with Gasteiger partial charge in [-0.1, -0.05) is 13.0 Å². The number of halogens is 1. The maximum absolute atomic E-state index is 9.32. The third-order valence-corrected chi connectivity index (χ3v) is 3.52. The SMILES string of the molecule is COc1ccc(C(C(C)CO)N(C)C)cc1Br. The second-order valence-corrected chi connectivity index (χ2v) is 5.32. The van der Waals surface area contributed by atoms with Crippen molar-refractivity contribution in [3.63, 3.8) is 0 Å². The van der Waals surface area contributed by atoms with Crippen molar-refractivity contribution >= 4 is 15.9 Å². The minimum Gasteiger partial charge on any atom is -0.496 e. The third-order valence-electron chi connectivity index (χ3n) is 2.90. The average molecular weight is 302 g/mol. The molecular formula is C13H20BrNO2. The number of hydrogen-bond donors (Lipinski definition) is 1. The lowest BCUT2D eigenvalue weighted by molar-refractivity contribution is 0.145. The fourth-order valence-corrected chi connectivity index (χ4v) is 2.66. The molecule has 0 aliphatic rings. The molecule has 96 valence electrons. The largest absolute Gasteiger partial charge is 0.496 e. The first-order valence-electron chi connectivity index (χ1n) is 5.62. The van der Waals surface area contributed by atoms with Crippen LogP contribution in [0.1, 0.15) is 18.5 Å². The maximum Gasteiger partial charge on any atom is 0.133 e. The summed E-state index contributed by atoms with van der Waals surface area (Å²) < 4.78 is 6.16. The van der Waals surface area contributed by atoms with Crippen LogP contribution in [0.25, 0.3) is 0 Å². The lowest BCUT2D eigenvalue weighted by Gasteiger charge is -2.29. The van der Waals surface area contributed by atoms with Crippen LogP contribution >= 0.6 is 15.9 Å². The van der Waals surface area contributed by atoms with E-state index in [1.165, 1.54) is 5.56 Å². The summed E-state index contributed by atoms with van der Waals surface area (Å²) in [6.45, 7) is 2.22. The summed E-state index contributed by atoms with van der Waals surface area (Å²) in [5, 5.41) is 9.32. The summed E-state index contributed by atoms with van der Waals surface area (Å²) in [7, 11) is 5.70. The summed E-state index contributed by atoms with van der Waals surface area (Å²) in [5.74, 6) is 1.01. The first-order chi connectivity index (χ1) is 8.01. The number of nitrogens with zero attached hydrogens (tertiary/aromatic N) is 1. The molecule has 0 saturated heterocycles. The molecule has 2 unspecified atom stereocenters. The molecule has 0 spiro atoms. The van der Waals surface area contributed by atoms with Gasteiger partial charge in [-0.15, -0.1) is 0 Å². The highest BCUT2D eigenvalue weighted by Crippen LogP contribution is 2.32. The summed E-state index contributed by atoms with van der Waals surface area (Å²) in [6, 6.07) is 6.23. The molecule has 0 aromatic heterocycles. The smallest absolute Gasteiger partial charge is 0.133 e. The van der Waals surface area contributed by atoms with E-state index in [-0.39, 0.29) is 18.6 Å². The summed E-state index contributed by atoms with van der Waals surface area (Å²) in [6.07, 6.45) is 0. The topological polar surface area (TPSA) is 32.7 Å². The van der Waals surface area contributed by atoms with E-state index in [1.807, 2.05) is 33.2 Å². The second kappa shape index (κ2) is 6.38. The molecule has 1 aromatic rings. The molecule has 0 aliphatic heterocycles. The van der Waals surface area contributed by atoms with E-state index >= 15 is 0 Å². The number of aliphatic hydroxyl groups is 1. The number of benzene rings is 1. The fourth-order valence-electron chi connectivity index (χ4n) is 2.10. The molecule has 0 radical (unpaired) electrons. The molecule has 1 rings (SSSR count). The third kappa shape index (κ3) is 3.44. The first kappa shape index (κ1) is 14.5. The quantitative estimate of drug-likeness (QED) is 0.908. The van der Waals surface area contributed by atoms with Gasteiger partial charge < -0.3 is 14.7 Å². The summed E-state index contributed by atoms with van der Waals surface area (Å²) in [5.41, 5.74) is 1.17. The molecule has 0 saturated carbocycles. The molecule has 4 heteroatoms. The van der Waals surface area contributed by atoms with Gasteiger partial charge in [-0.25, -0.2) is 0 Å². The second-order valence-electron chi connectivity index (χ2n) is 4.46. The molecule has 0 bridgehead atoms. The number of aliphatic hydroxyl groups excluding tert-OH is 1. The Balaban J connectivity index is 3.07. The van der Waals surface area contributed by atoms with Crippen molar-refractivity contribution in [2.75, 3.05) is 27.8 Å². The minimum atomic E-state index is 0.173. The van der Waals surface area contributed by atoms with Gasteiger partial charge in [-0.2, -0.15) is 0 Å². The van der Waals surface area contributed by atoms with Gasteiger partial charge in [-0.05, 0) is 53.6 Å². The van der Waals surface area contributed by atoms with Crippen molar-refractivity contribution in [3.05, 3.63) is 28.2 Å². The van der Waals surface area contributed by atoms with Crippen LogP contribution in [0.2, 0.25) is 0 Å². The van der Waals surface area contributed by atoms with Crippen LogP contribution in [0.3, 0.4) is 0 Å². The first-order valence-corrected chi connectivity index (χ1v) is 6.41. The Kier molecular flexibility index (Phi) is 5.43. The Morgan fingerprint density at radius 1 is 1.41 bits per heavy atom. The molecular weight excluding hydrogens is 282 g/mol. The van der Waals surface area contributed by atoms with Crippen LogP contribution in [-0.2, 0) is 0 Å². The van der Waals surface area contributed by atoms with Crippen LogP contribution in [0.4, 0.5) is 0 Å². The zero-order chi connectivity index (χ0) is 13.0. The Morgan fingerprint density at radius 2 is 2.06 bits per heavy atom. The fraction of sp³-hybridized carbons (Fsp3) is 0.538. The normalized spacial score (nSPS) is 14.8. The van der Waals surface area contributed by atoms with Gasteiger partial charge in [0.25, 0.3) is 0 Å². The molecule has 2 atom stereocenters. The van der Waals surface area contributed by atoms with Gasteiger partial charge >= 0.3 is 0 Å². The van der Waals surface area contributed by atoms with Crippen LogP contribution in [-0.4, -0.2) is 37.8 Å². The highest BCUT2D eigenvalue weighted by molar-refractivity contribution is 9.10. The van der Waals surface area contributed by atoms with Crippen LogP contribution in [0.15, 0.2) is 22.7 Å².